The van der Waals surface area contributed by atoms with Crippen molar-refractivity contribution in [1.82, 2.24) is 10.3 Å². The number of hydrogen-bond donors (Lipinski definition) is 1. The predicted molar refractivity (Wildman–Crippen MR) is 83.1 cm³/mol. The van der Waals surface area contributed by atoms with Crippen LogP contribution in [0.4, 0.5) is 0 Å². The average molecular weight is 369 g/mol. The number of hydrogen-bond acceptors (Lipinski definition) is 5. The molecule has 0 spiro atoms. The quantitative estimate of drug-likeness (QED) is 0.650. The van der Waals surface area contributed by atoms with E-state index in [0.29, 0.717) is 10.2 Å². The van der Waals surface area contributed by atoms with Gasteiger partial charge in [0.25, 0.3) is 5.91 Å². The fourth-order valence-electron chi connectivity index (χ4n) is 1.71. The Bertz CT molecular complexity index is 614. The lowest BCUT2D eigenvalue weighted by Crippen LogP contribution is -2.30. The van der Waals surface area contributed by atoms with Crippen molar-refractivity contribution in [3.05, 3.63) is 50.9 Å². The van der Waals surface area contributed by atoms with E-state index in [0.717, 1.165) is 4.88 Å². The third-order valence-electron chi connectivity index (χ3n) is 2.78. The molecular weight excluding hydrogens is 356 g/mol. The van der Waals surface area contributed by atoms with Gasteiger partial charge in [-0.25, -0.2) is 4.98 Å². The molecule has 1 unspecified atom stereocenters. The SMILES string of the molecule is COC(=O)CC(NC(=O)c1ccc(Br)nc1)c1cccs1. The molecule has 0 bridgehead atoms. The lowest BCUT2D eigenvalue weighted by atomic mass is 10.1. The third-order valence-corrected chi connectivity index (χ3v) is 4.24. The van der Waals surface area contributed by atoms with Crippen LogP contribution < -0.4 is 5.32 Å². The van der Waals surface area contributed by atoms with Crippen LogP contribution in [0.2, 0.25) is 0 Å². The van der Waals surface area contributed by atoms with E-state index in [1.807, 2.05) is 17.5 Å². The maximum atomic E-state index is 12.2. The molecule has 7 heteroatoms. The smallest absolute Gasteiger partial charge is 0.307 e. The molecule has 0 fully saturated rings. The molecule has 0 saturated carbocycles. The first-order valence-electron chi connectivity index (χ1n) is 6.13. The van der Waals surface area contributed by atoms with Crippen molar-refractivity contribution in [2.24, 2.45) is 0 Å². The van der Waals surface area contributed by atoms with Crippen molar-refractivity contribution in [3.8, 4) is 0 Å². The van der Waals surface area contributed by atoms with E-state index >= 15 is 0 Å². The number of carbonyl (C=O) groups is 2. The van der Waals surface area contributed by atoms with Crippen LogP contribution in [-0.2, 0) is 9.53 Å². The summed E-state index contributed by atoms with van der Waals surface area (Å²) in [5.41, 5.74) is 0.435. The van der Waals surface area contributed by atoms with Gasteiger partial charge in [0.15, 0.2) is 0 Å². The molecular formula is C14H13BrN2O3S. The number of carbonyl (C=O) groups excluding carboxylic acids is 2. The normalized spacial score (nSPS) is 11.7. The number of aromatic nitrogens is 1. The minimum Gasteiger partial charge on any atom is -0.469 e. The van der Waals surface area contributed by atoms with E-state index in [-0.39, 0.29) is 18.3 Å². The second kappa shape index (κ2) is 7.33. The Labute approximate surface area is 134 Å². The van der Waals surface area contributed by atoms with Gasteiger partial charge in [-0.2, -0.15) is 0 Å². The highest BCUT2D eigenvalue weighted by Gasteiger charge is 2.20. The Morgan fingerprint density at radius 2 is 2.24 bits per heavy atom. The van der Waals surface area contributed by atoms with Gasteiger partial charge in [0.05, 0.1) is 25.1 Å². The number of thiophene rings is 1. The van der Waals surface area contributed by atoms with E-state index < -0.39 is 6.04 Å². The van der Waals surface area contributed by atoms with Crippen LogP contribution in [0.3, 0.4) is 0 Å². The zero-order valence-electron chi connectivity index (χ0n) is 11.2. The number of rotatable bonds is 5. The van der Waals surface area contributed by atoms with Gasteiger partial charge >= 0.3 is 5.97 Å². The molecule has 2 aromatic rings. The largest absolute Gasteiger partial charge is 0.469 e. The number of nitrogens with one attached hydrogen (secondary N) is 1. The lowest BCUT2D eigenvalue weighted by molar-refractivity contribution is -0.141. The molecule has 0 aliphatic carbocycles. The van der Waals surface area contributed by atoms with Gasteiger partial charge in [-0.1, -0.05) is 6.07 Å². The molecule has 5 nitrogen and oxygen atoms in total. The standard InChI is InChI=1S/C14H13BrN2O3S/c1-20-13(18)7-10(11-3-2-6-21-11)17-14(19)9-4-5-12(15)16-8-9/h2-6,8,10H,7H2,1H3,(H,17,19). The van der Waals surface area contributed by atoms with Crippen LogP contribution in [0.15, 0.2) is 40.4 Å². The molecule has 2 heterocycles. The van der Waals surface area contributed by atoms with Crippen LogP contribution in [0.25, 0.3) is 0 Å². The summed E-state index contributed by atoms with van der Waals surface area (Å²) in [5, 5.41) is 4.73. The minimum atomic E-state index is -0.409. The van der Waals surface area contributed by atoms with Gasteiger partial charge in [0.2, 0.25) is 0 Å². The number of nitrogens with zero attached hydrogens (tertiary/aromatic N) is 1. The van der Waals surface area contributed by atoms with E-state index in [1.54, 1.807) is 12.1 Å². The monoisotopic (exact) mass is 368 g/mol. The summed E-state index contributed by atoms with van der Waals surface area (Å²) in [4.78, 5) is 28.6. The van der Waals surface area contributed by atoms with Crippen molar-refractivity contribution in [2.75, 3.05) is 7.11 Å². The number of esters is 1. The molecule has 21 heavy (non-hydrogen) atoms. The lowest BCUT2D eigenvalue weighted by Gasteiger charge is -2.16. The van der Waals surface area contributed by atoms with Crippen molar-refractivity contribution >= 4 is 39.1 Å². The molecule has 0 radical (unpaired) electrons. The maximum absolute atomic E-state index is 12.2. The highest BCUT2D eigenvalue weighted by Crippen LogP contribution is 2.23. The summed E-state index contributed by atoms with van der Waals surface area (Å²) in [6, 6.07) is 6.69. The first kappa shape index (κ1) is 15.7. The van der Waals surface area contributed by atoms with E-state index in [9.17, 15) is 9.59 Å². The summed E-state index contributed by atoms with van der Waals surface area (Å²) in [6.45, 7) is 0. The summed E-state index contributed by atoms with van der Waals surface area (Å²) < 4.78 is 5.33. The number of amides is 1. The molecule has 0 saturated heterocycles. The third kappa shape index (κ3) is 4.37. The number of ether oxygens (including phenoxy) is 1. The highest BCUT2D eigenvalue weighted by atomic mass is 79.9. The van der Waals surface area contributed by atoms with Gasteiger partial charge in [-0.15, -0.1) is 11.3 Å². The van der Waals surface area contributed by atoms with Crippen molar-refractivity contribution < 1.29 is 14.3 Å². The zero-order chi connectivity index (χ0) is 15.2. The average Bonchev–Trinajstić information content (AvgIpc) is 3.01. The molecule has 2 aromatic heterocycles. The summed E-state index contributed by atoms with van der Waals surface area (Å²) in [5.74, 6) is -0.653. The topological polar surface area (TPSA) is 68.3 Å². The molecule has 1 atom stereocenters. The Balaban J connectivity index is 2.12. The summed E-state index contributed by atoms with van der Waals surface area (Å²) in [7, 11) is 1.33. The highest BCUT2D eigenvalue weighted by molar-refractivity contribution is 9.10. The number of pyridine rings is 1. The molecule has 0 aromatic carbocycles. The first-order chi connectivity index (χ1) is 10.1. The fraction of sp³-hybridized carbons (Fsp3) is 0.214. The first-order valence-corrected chi connectivity index (χ1v) is 7.80. The van der Waals surface area contributed by atoms with Crippen LogP contribution in [0.1, 0.15) is 27.7 Å². The van der Waals surface area contributed by atoms with Gasteiger partial charge in [0.1, 0.15) is 4.60 Å². The molecule has 1 amide bonds. The Kier molecular flexibility index (Phi) is 5.46. The van der Waals surface area contributed by atoms with E-state index in [4.69, 9.17) is 0 Å². The van der Waals surface area contributed by atoms with Crippen molar-refractivity contribution in [2.45, 2.75) is 12.5 Å². The van der Waals surface area contributed by atoms with Crippen LogP contribution in [0.5, 0.6) is 0 Å². The molecule has 1 N–H and O–H groups in total. The van der Waals surface area contributed by atoms with Gasteiger partial charge in [-0.05, 0) is 39.5 Å². The van der Waals surface area contributed by atoms with Crippen molar-refractivity contribution in [3.63, 3.8) is 0 Å². The van der Waals surface area contributed by atoms with Crippen LogP contribution in [-0.4, -0.2) is 24.0 Å². The summed E-state index contributed by atoms with van der Waals surface area (Å²) >= 11 is 4.69. The Morgan fingerprint density at radius 1 is 1.43 bits per heavy atom. The summed E-state index contributed by atoms with van der Waals surface area (Å²) in [6.07, 6.45) is 1.57. The fourth-order valence-corrected chi connectivity index (χ4v) is 2.73. The molecule has 2 rings (SSSR count). The Hall–Kier alpha value is -1.73. The van der Waals surface area contributed by atoms with Crippen molar-refractivity contribution in [1.29, 1.82) is 0 Å². The van der Waals surface area contributed by atoms with Crippen LogP contribution >= 0.6 is 27.3 Å². The molecule has 0 aliphatic rings. The number of methoxy groups -OCH3 is 1. The predicted octanol–water partition coefficient (Wildman–Crippen LogP) is 2.94. The van der Waals surface area contributed by atoms with Gasteiger partial charge < -0.3 is 10.1 Å². The van der Waals surface area contributed by atoms with Gasteiger partial charge in [0, 0.05) is 11.1 Å². The second-order valence-corrected chi connectivity index (χ2v) is 5.98. The zero-order valence-corrected chi connectivity index (χ0v) is 13.6. The number of halogens is 1. The minimum absolute atomic E-state index is 0.0900. The van der Waals surface area contributed by atoms with Crippen LogP contribution in [0, 0.1) is 0 Å². The van der Waals surface area contributed by atoms with Gasteiger partial charge in [-0.3, -0.25) is 9.59 Å². The molecule has 110 valence electrons. The molecule has 0 aliphatic heterocycles. The second-order valence-electron chi connectivity index (χ2n) is 4.19. The Morgan fingerprint density at radius 3 is 2.81 bits per heavy atom. The maximum Gasteiger partial charge on any atom is 0.307 e. The van der Waals surface area contributed by atoms with E-state index in [1.165, 1.54) is 24.6 Å². The van der Waals surface area contributed by atoms with E-state index in [2.05, 4.69) is 31.0 Å².